The van der Waals surface area contributed by atoms with Gasteiger partial charge in [-0.1, -0.05) is 6.42 Å². The van der Waals surface area contributed by atoms with E-state index in [0.29, 0.717) is 23.5 Å². The Kier molecular flexibility index (Phi) is 1.76. The zero-order chi connectivity index (χ0) is 11.4. The molecule has 0 spiro atoms. The highest BCUT2D eigenvalue weighted by atomic mass is 16.1. The second kappa shape index (κ2) is 3.19. The number of carbonyl (C=O) groups is 1. The van der Waals surface area contributed by atoms with Gasteiger partial charge in [0, 0.05) is 41.0 Å². The normalized spacial score (nSPS) is 30.5. The quantitative estimate of drug-likeness (QED) is 0.800. The lowest BCUT2D eigenvalue weighted by Crippen LogP contribution is -2.05. The molecule has 17 heavy (non-hydrogen) atoms. The van der Waals surface area contributed by atoms with Gasteiger partial charge in [0.15, 0.2) is 5.78 Å². The molecule has 2 atom stereocenters. The largest absolute Gasteiger partial charge is 0.360 e. The number of nitrogens with one attached hydrogen (secondary N) is 1. The number of nitrogens with zero attached hydrogens (tertiary/aromatic N) is 1. The van der Waals surface area contributed by atoms with Crippen LogP contribution in [0.1, 0.15) is 29.6 Å². The monoisotopic (exact) mass is 226 g/mol. The first-order valence-electron chi connectivity index (χ1n) is 6.31. The molecular formula is C14H14N2O. The molecule has 3 nitrogen and oxygen atoms in total. The third kappa shape index (κ3) is 1.22. The molecule has 0 aliphatic heterocycles. The average molecular weight is 226 g/mol. The van der Waals surface area contributed by atoms with Gasteiger partial charge in [-0.15, -0.1) is 0 Å². The number of Topliss-reactive ketones (excluding diaryl/α,β-unsaturated/α-hetero) is 1. The predicted octanol–water partition coefficient (Wildman–Crippen LogP) is 2.79. The summed E-state index contributed by atoms with van der Waals surface area (Å²) in [5.74, 6) is 2.01. The van der Waals surface area contributed by atoms with Crippen LogP contribution in [0.25, 0.3) is 10.9 Å². The summed E-state index contributed by atoms with van der Waals surface area (Å²) in [5.41, 5.74) is 1.85. The van der Waals surface area contributed by atoms with E-state index in [4.69, 9.17) is 0 Å². The second-order valence-electron chi connectivity index (χ2n) is 5.27. The fraction of sp³-hybridized carbons (Fsp3) is 0.429. The third-order valence-corrected chi connectivity index (χ3v) is 4.46. The van der Waals surface area contributed by atoms with Crippen molar-refractivity contribution in [2.24, 2.45) is 17.8 Å². The molecule has 0 aromatic carbocycles. The molecule has 0 radical (unpaired) electrons. The van der Waals surface area contributed by atoms with Crippen molar-refractivity contribution in [2.45, 2.75) is 19.3 Å². The van der Waals surface area contributed by atoms with E-state index in [2.05, 4.69) is 9.97 Å². The summed E-state index contributed by atoms with van der Waals surface area (Å²) in [6, 6.07) is 1.92. The molecule has 2 unspecified atom stereocenters. The predicted molar refractivity (Wildman–Crippen MR) is 64.7 cm³/mol. The Balaban J connectivity index is 1.73. The lowest BCUT2D eigenvalue weighted by atomic mass is 10.0. The summed E-state index contributed by atoms with van der Waals surface area (Å²) in [6.07, 6.45) is 9.21. The van der Waals surface area contributed by atoms with E-state index in [0.717, 1.165) is 16.5 Å². The lowest BCUT2D eigenvalue weighted by molar-refractivity contribution is 0.0953. The van der Waals surface area contributed by atoms with Crippen LogP contribution in [0.2, 0.25) is 0 Å². The number of hydrogen-bond acceptors (Lipinski definition) is 2. The highest BCUT2D eigenvalue weighted by molar-refractivity contribution is 6.09. The number of hydrogen-bond donors (Lipinski definition) is 1. The Morgan fingerprint density at radius 3 is 3.00 bits per heavy atom. The van der Waals surface area contributed by atoms with Crippen LogP contribution >= 0.6 is 0 Å². The Morgan fingerprint density at radius 1 is 1.35 bits per heavy atom. The average Bonchev–Trinajstić information content (AvgIpc) is 2.77. The van der Waals surface area contributed by atoms with Gasteiger partial charge in [0.05, 0.1) is 0 Å². The standard InChI is InChI=1S/C14H14N2O/c17-14(13-8-2-1-3-9(8)13)11-7-16-12-4-5-15-6-10(11)12/h4-9,13,16H,1-3H2. The number of H-pyrrole nitrogens is 1. The molecule has 0 bridgehead atoms. The Morgan fingerprint density at radius 2 is 2.18 bits per heavy atom. The van der Waals surface area contributed by atoms with E-state index in [1.807, 2.05) is 12.3 Å². The maximum absolute atomic E-state index is 12.4. The number of fused-ring (bicyclic) bond motifs is 2. The molecule has 2 aliphatic rings. The molecule has 2 fully saturated rings. The Labute approximate surface area is 99.2 Å². The van der Waals surface area contributed by atoms with Crippen molar-refractivity contribution in [3.8, 4) is 0 Å². The van der Waals surface area contributed by atoms with Gasteiger partial charge in [-0.25, -0.2) is 0 Å². The van der Waals surface area contributed by atoms with E-state index < -0.39 is 0 Å². The van der Waals surface area contributed by atoms with Gasteiger partial charge in [0.25, 0.3) is 0 Å². The van der Waals surface area contributed by atoms with Gasteiger partial charge < -0.3 is 4.98 Å². The van der Waals surface area contributed by atoms with Crippen molar-refractivity contribution in [3.63, 3.8) is 0 Å². The lowest BCUT2D eigenvalue weighted by Gasteiger charge is -2.01. The summed E-state index contributed by atoms with van der Waals surface area (Å²) in [7, 11) is 0. The summed E-state index contributed by atoms with van der Waals surface area (Å²) in [4.78, 5) is 19.7. The number of rotatable bonds is 2. The molecule has 86 valence electrons. The van der Waals surface area contributed by atoms with Gasteiger partial charge in [-0.05, 0) is 30.7 Å². The van der Waals surface area contributed by atoms with E-state index in [-0.39, 0.29) is 0 Å². The smallest absolute Gasteiger partial charge is 0.168 e. The van der Waals surface area contributed by atoms with Crippen LogP contribution in [0.15, 0.2) is 24.7 Å². The van der Waals surface area contributed by atoms with Crippen LogP contribution in [0.5, 0.6) is 0 Å². The van der Waals surface area contributed by atoms with Gasteiger partial charge >= 0.3 is 0 Å². The van der Waals surface area contributed by atoms with Crippen LogP contribution < -0.4 is 0 Å². The molecule has 1 N–H and O–H groups in total. The van der Waals surface area contributed by atoms with Crippen molar-refractivity contribution >= 4 is 16.7 Å². The first kappa shape index (κ1) is 9.40. The fourth-order valence-electron chi connectivity index (χ4n) is 3.56. The maximum Gasteiger partial charge on any atom is 0.168 e. The molecule has 2 heterocycles. The highest BCUT2D eigenvalue weighted by Crippen LogP contribution is 2.58. The maximum atomic E-state index is 12.4. The summed E-state index contributed by atoms with van der Waals surface area (Å²) >= 11 is 0. The number of ketones is 1. The molecule has 2 aliphatic carbocycles. The minimum absolute atomic E-state index is 0.308. The SMILES string of the molecule is O=C(c1c[nH]c2ccncc12)C1C2CCCC21. The zero-order valence-electron chi connectivity index (χ0n) is 9.52. The van der Waals surface area contributed by atoms with Crippen LogP contribution in [0.4, 0.5) is 0 Å². The Hall–Kier alpha value is -1.64. The van der Waals surface area contributed by atoms with Crippen LogP contribution in [0, 0.1) is 17.8 Å². The van der Waals surface area contributed by atoms with Crippen molar-refractivity contribution < 1.29 is 4.79 Å². The van der Waals surface area contributed by atoms with Crippen LogP contribution in [0.3, 0.4) is 0 Å². The molecule has 4 rings (SSSR count). The number of aromatic nitrogens is 2. The molecular weight excluding hydrogens is 212 g/mol. The van der Waals surface area contributed by atoms with E-state index >= 15 is 0 Å². The van der Waals surface area contributed by atoms with Crippen molar-refractivity contribution in [2.75, 3.05) is 0 Å². The van der Waals surface area contributed by atoms with Crippen LogP contribution in [-0.2, 0) is 0 Å². The van der Waals surface area contributed by atoms with E-state index in [1.54, 1.807) is 12.4 Å². The highest BCUT2D eigenvalue weighted by Gasteiger charge is 2.56. The molecule has 0 amide bonds. The molecule has 2 aromatic heterocycles. The molecule has 0 saturated heterocycles. The molecule has 2 saturated carbocycles. The third-order valence-electron chi connectivity index (χ3n) is 4.46. The first-order valence-corrected chi connectivity index (χ1v) is 6.31. The van der Waals surface area contributed by atoms with Gasteiger partial charge in [-0.2, -0.15) is 0 Å². The summed E-state index contributed by atoms with van der Waals surface area (Å²) in [6.45, 7) is 0. The topological polar surface area (TPSA) is 45.8 Å². The van der Waals surface area contributed by atoms with Crippen molar-refractivity contribution in [3.05, 3.63) is 30.2 Å². The van der Waals surface area contributed by atoms with Gasteiger partial charge in [0.1, 0.15) is 0 Å². The van der Waals surface area contributed by atoms with Crippen LogP contribution in [-0.4, -0.2) is 15.8 Å². The van der Waals surface area contributed by atoms with Gasteiger partial charge in [-0.3, -0.25) is 9.78 Å². The summed E-state index contributed by atoms with van der Waals surface area (Å²) < 4.78 is 0. The number of aromatic amines is 1. The number of pyridine rings is 1. The minimum atomic E-state index is 0.308. The molecule has 3 heteroatoms. The fourth-order valence-corrected chi connectivity index (χ4v) is 3.56. The van der Waals surface area contributed by atoms with Crippen molar-refractivity contribution in [1.82, 2.24) is 9.97 Å². The second-order valence-corrected chi connectivity index (χ2v) is 5.27. The first-order chi connectivity index (χ1) is 8.36. The minimum Gasteiger partial charge on any atom is -0.360 e. The summed E-state index contributed by atoms with van der Waals surface area (Å²) in [5, 5.41) is 0.975. The van der Waals surface area contributed by atoms with E-state index in [9.17, 15) is 4.79 Å². The van der Waals surface area contributed by atoms with Crippen molar-refractivity contribution in [1.29, 1.82) is 0 Å². The number of carbonyl (C=O) groups excluding carboxylic acids is 1. The zero-order valence-corrected chi connectivity index (χ0v) is 9.52. The van der Waals surface area contributed by atoms with E-state index in [1.165, 1.54) is 19.3 Å². The molecule has 2 aromatic rings. The van der Waals surface area contributed by atoms with Gasteiger partial charge in [0.2, 0.25) is 0 Å². The Bertz CT molecular complexity index is 591.